The van der Waals surface area contributed by atoms with E-state index in [1.807, 2.05) is 30.3 Å². The molecule has 1 aromatic carbocycles. The van der Waals surface area contributed by atoms with Crippen LogP contribution >= 0.6 is 0 Å². The zero-order valence-electron chi connectivity index (χ0n) is 15.7. The van der Waals surface area contributed by atoms with E-state index in [9.17, 15) is 0 Å². The maximum Gasteiger partial charge on any atom is 0.483 e. The van der Waals surface area contributed by atoms with Gasteiger partial charge >= 0.3 is 9.53 Å². The molecule has 0 aliphatic rings. The van der Waals surface area contributed by atoms with Crippen molar-refractivity contribution in [2.75, 3.05) is 20.3 Å². The van der Waals surface area contributed by atoms with Gasteiger partial charge in [-0.15, -0.1) is 0 Å². The Bertz CT molecular complexity index is 340. The highest BCUT2D eigenvalue weighted by Crippen LogP contribution is 2.00. The molecule has 0 spiro atoms. The van der Waals surface area contributed by atoms with Crippen LogP contribution in [0.15, 0.2) is 30.3 Å². The summed E-state index contributed by atoms with van der Waals surface area (Å²) in [5.41, 5.74) is 1.26. The highest BCUT2D eigenvalue weighted by molar-refractivity contribution is 6.36. The molecule has 24 heavy (non-hydrogen) atoms. The van der Waals surface area contributed by atoms with Crippen molar-refractivity contribution in [1.82, 2.24) is 0 Å². The van der Waals surface area contributed by atoms with Crippen LogP contribution in [0.4, 0.5) is 0 Å². The Hall–Kier alpha value is -0.506. The smallest absolute Gasteiger partial charge is 0.438 e. The van der Waals surface area contributed by atoms with Gasteiger partial charge in [0.25, 0.3) is 0 Å². The Labute approximate surface area is 152 Å². The molecule has 0 unspecified atom stereocenters. The molecule has 0 saturated heterocycles. The number of unbranched alkanes of at least 4 members (excludes halogenated alkanes) is 4. The molecule has 1 N–H and O–H groups in total. The molecular weight excluding hydrogens is 336 g/mol. The second-order valence-corrected chi connectivity index (χ2v) is 8.30. The molecule has 1 aromatic rings. The lowest BCUT2D eigenvalue weighted by atomic mass is 10.2. The second kappa shape index (κ2) is 18.8. The monoisotopic (exact) mass is 372 g/mol. The Kier molecular flexibility index (Phi) is 18.4. The van der Waals surface area contributed by atoms with Crippen LogP contribution < -0.4 is 0 Å². The summed E-state index contributed by atoms with van der Waals surface area (Å²) in [6, 6.07) is 11.0. The van der Waals surface area contributed by atoms with E-state index in [0.29, 0.717) is 0 Å². The highest BCUT2D eigenvalue weighted by Gasteiger charge is 2.12. The van der Waals surface area contributed by atoms with Crippen LogP contribution in [-0.4, -0.2) is 44.4 Å². The Morgan fingerprint density at radius 3 is 1.88 bits per heavy atom. The van der Waals surface area contributed by atoms with Crippen molar-refractivity contribution in [3.8, 4) is 0 Å². The molecule has 0 radical (unpaired) electrons. The minimum atomic E-state index is -1.80. The van der Waals surface area contributed by atoms with Crippen molar-refractivity contribution in [2.45, 2.75) is 58.4 Å². The third-order valence-corrected chi connectivity index (χ3v) is 5.64. The normalized spacial score (nSPS) is 11.0. The maximum atomic E-state index is 8.66. The Balaban J connectivity index is 0.000000496. The molecule has 0 saturated carbocycles. The van der Waals surface area contributed by atoms with Crippen molar-refractivity contribution in [2.24, 2.45) is 0 Å². The fourth-order valence-electron chi connectivity index (χ4n) is 2.02. The largest absolute Gasteiger partial charge is 0.483 e. The van der Waals surface area contributed by atoms with E-state index in [1.165, 1.54) is 31.2 Å². The first-order valence-electron chi connectivity index (χ1n) is 9.19. The van der Waals surface area contributed by atoms with Crippen molar-refractivity contribution >= 4 is 19.3 Å². The average Bonchev–Trinajstić information content (AvgIpc) is 2.62. The topological polar surface area (TPSA) is 47.9 Å². The fourth-order valence-corrected chi connectivity index (χ4v) is 3.70. The van der Waals surface area contributed by atoms with E-state index < -0.39 is 19.3 Å². The van der Waals surface area contributed by atoms with Crippen LogP contribution in [0.3, 0.4) is 0 Å². The van der Waals surface area contributed by atoms with Crippen LogP contribution in [0.1, 0.15) is 57.9 Å². The number of hydrogen-bond acceptors (Lipinski definition) is 4. The second-order valence-electron chi connectivity index (χ2n) is 5.64. The first kappa shape index (κ1) is 23.5. The third-order valence-electron chi connectivity index (χ3n) is 3.44. The van der Waals surface area contributed by atoms with Gasteiger partial charge in [-0.1, -0.05) is 69.9 Å². The van der Waals surface area contributed by atoms with Gasteiger partial charge in [-0.2, -0.15) is 0 Å². The van der Waals surface area contributed by atoms with Gasteiger partial charge in [0, 0.05) is 20.3 Å². The average molecular weight is 373 g/mol. The Morgan fingerprint density at radius 2 is 1.46 bits per heavy atom. The van der Waals surface area contributed by atoms with Crippen LogP contribution in [0, 0.1) is 0 Å². The van der Waals surface area contributed by atoms with E-state index in [0.717, 1.165) is 32.1 Å². The minimum absolute atomic E-state index is 0.784. The zero-order chi connectivity index (χ0) is 17.9. The highest BCUT2D eigenvalue weighted by atomic mass is 28.3. The predicted molar refractivity (Wildman–Crippen MR) is 106 cm³/mol. The van der Waals surface area contributed by atoms with Crippen LogP contribution in [0.2, 0.25) is 0 Å². The summed E-state index contributed by atoms with van der Waals surface area (Å²) in [6.07, 6.45) is 7.12. The number of rotatable bonds is 13. The predicted octanol–water partition coefficient (Wildman–Crippen LogP) is 3.03. The molecule has 140 valence electrons. The van der Waals surface area contributed by atoms with E-state index in [4.69, 9.17) is 18.1 Å². The first-order valence-corrected chi connectivity index (χ1v) is 12.2. The molecule has 0 amide bonds. The van der Waals surface area contributed by atoms with Crippen molar-refractivity contribution in [3.63, 3.8) is 0 Å². The van der Waals surface area contributed by atoms with Crippen LogP contribution in [0.25, 0.3) is 0 Å². The third kappa shape index (κ3) is 15.0. The van der Waals surface area contributed by atoms with E-state index in [1.54, 1.807) is 7.11 Å². The summed E-state index contributed by atoms with van der Waals surface area (Å²) in [7, 11) is -0.905. The molecule has 0 aliphatic carbocycles. The molecule has 0 fully saturated rings. The van der Waals surface area contributed by atoms with Crippen molar-refractivity contribution in [3.05, 3.63) is 35.9 Å². The molecule has 4 nitrogen and oxygen atoms in total. The molecule has 0 heterocycles. The van der Waals surface area contributed by atoms with Gasteiger partial charge in [0.05, 0.1) is 0 Å². The quantitative estimate of drug-likeness (QED) is 0.427. The van der Waals surface area contributed by atoms with Gasteiger partial charge in [0.15, 0.2) is 9.76 Å². The first-order chi connectivity index (χ1) is 11.8. The van der Waals surface area contributed by atoms with Gasteiger partial charge in [-0.3, -0.25) is 0 Å². The van der Waals surface area contributed by atoms with Crippen molar-refractivity contribution < 1.29 is 18.1 Å². The molecule has 1 rings (SSSR count). The van der Waals surface area contributed by atoms with Gasteiger partial charge in [0.1, 0.15) is 0 Å². The van der Waals surface area contributed by atoms with Gasteiger partial charge in [-0.25, -0.2) is 0 Å². The lowest BCUT2D eigenvalue weighted by molar-refractivity contribution is 0.109. The van der Waals surface area contributed by atoms with Crippen LogP contribution in [-0.2, 0) is 19.3 Å². The van der Waals surface area contributed by atoms with Gasteiger partial charge < -0.3 is 18.1 Å². The lowest BCUT2D eigenvalue weighted by Crippen LogP contribution is -2.26. The molecule has 0 bridgehead atoms. The Morgan fingerprint density at radius 1 is 0.917 bits per heavy atom. The lowest BCUT2D eigenvalue weighted by Gasteiger charge is -2.14. The fraction of sp³-hybridized carbons (Fsp3) is 0.667. The summed E-state index contributed by atoms with van der Waals surface area (Å²) in [4.78, 5) is 8.66. The van der Waals surface area contributed by atoms with E-state index in [-0.39, 0.29) is 0 Å². The summed E-state index contributed by atoms with van der Waals surface area (Å²) in [6.45, 7) is 5.94. The number of hydrogen-bond donors (Lipinski definition) is 1. The maximum absolute atomic E-state index is 8.66. The summed E-state index contributed by atoms with van der Waals surface area (Å²) in [5.74, 6) is 0. The standard InChI is InChI=1S/C11H26O3Si.C7H10OSi/c1-4-6-8-10-13-15(12-3)14-11-9-7-5-2;8-9-6-7-4-2-1-3-5-7/h15H,4-11H2,1-3H3;1-5,8H,6,9H2. The van der Waals surface area contributed by atoms with Gasteiger partial charge in [-0.05, 0) is 24.4 Å². The van der Waals surface area contributed by atoms with Crippen LogP contribution in [0.5, 0.6) is 0 Å². The van der Waals surface area contributed by atoms with E-state index in [2.05, 4.69) is 13.8 Å². The van der Waals surface area contributed by atoms with E-state index >= 15 is 0 Å². The number of benzene rings is 1. The SMILES string of the molecule is CCCCCO[SiH](OC)OCCCCC.O[SiH2]Cc1ccccc1. The molecule has 0 aliphatic heterocycles. The molecule has 6 heteroatoms. The minimum Gasteiger partial charge on any atom is -0.438 e. The zero-order valence-corrected chi connectivity index (χ0v) is 18.3. The molecular formula is C18H36O4Si2. The van der Waals surface area contributed by atoms with Crippen molar-refractivity contribution in [1.29, 1.82) is 0 Å². The summed E-state index contributed by atoms with van der Waals surface area (Å²) < 4.78 is 16.3. The van der Waals surface area contributed by atoms with Gasteiger partial charge in [0.2, 0.25) is 0 Å². The molecule has 0 aromatic heterocycles. The molecule has 0 atom stereocenters. The summed E-state index contributed by atoms with van der Waals surface area (Å²) >= 11 is 0. The summed E-state index contributed by atoms with van der Waals surface area (Å²) in [5, 5.41) is 0.